The summed E-state index contributed by atoms with van der Waals surface area (Å²) >= 11 is 0. The van der Waals surface area contributed by atoms with Crippen LogP contribution in [-0.2, 0) is 27.9 Å². The molecule has 1 aromatic rings. The molecule has 0 unspecified atom stereocenters. The van der Waals surface area contributed by atoms with Crippen LogP contribution in [0.15, 0.2) is 6.07 Å². The second kappa shape index (κ2) is 8.52. The third kappa shape index (κ3) is 5.59. The summed E-state index contributed by atoms with van der Waals surface area (Å²) in [6.45, 7) is 12.0. The molecule has 6 heteroatoms. The molecule has 0 radical (unpaired) electrons. The molecule has 25 heavy (non-hydrogen) atoms. The molecule has 0 aromatic carbocycles. The molecular formula is C19H32N2O4. The summed E-state index contributed by atoms with van der Waals surface area (Å²) in [5, 5.41) is 3.30. The van der Waals surface area contributed by atoms with Crippen molar-refractivity contribution in [2.75, 3.05) is 7.11 Å². The molecule has 1 aromatic heterocycles. The molecule has 0 amide bonds. The van der Waals surface area contributed by atoms with Crippen LogP contribution in [0.1, 0.15) is 62.8 Å². The lowest BCUT2D eigenvalue weighted by Crippen LogP contribution is -2.45. The number of carbonyl (C=O) groups excluding carboxylic acids is 2. The van der Waals surface area contributed by atoms with E-state index in [9.17, 15) is 9.59 Å². The standard InChI is InChI=1S/C19H32N2O4/c1-9-12(2)16(18(23)25-19(4,5)6)20-11-14-10-15(17(22)24-8)13(3)21(14)7/h10,12,16,20H,9,11H2,1-8H3/t12-,16-/m0/s1. The van der Waals surface area contributed by atoms with Gasteiger partial charge in [-0.3, -0.25) is 10.1 Å². The lowest BCUT2D eigenvalue weighted by Gasteiger charge is -2.27. The van der Waals surface area contributed by atoms with Crippen LogP contribution in [-0.4, -0.2) is 35.3 Å². The minimum absolute atomic E-state index is 0.135. The van der Waals surface area contributed by atoms with Crippen molar-refractivity contribution in [3.63, 3.8) is 0 Å². The maximum atomic E-state index is 12.5. The summed E-state index contributed by atoms with van der Waals surface area (Å²) < 4.78 is 12.3. The number of hydrogen-bond acceptors (Lipinski definition) is 5. The SMILES string of the molecule is CC[C@H](C)[C@H](NCc1cc(C(=O)OC)c(C)n1C)C(=O)OC(C)(C)C. The molecule has 0 aliphatic rings. The Labute approximate surface area is 150 Å². The summed E-state index contributed by atoms with van der Waals surface area (Å²) in [7, 11) is 3.26. The smallest absolute Gasteiger partial charge is 0.339 e. The molecule has 0 bridgehead atoms. The largest absolute Gasteiger partial charge is 0.465 e. The van der Waals surface area contributed by atoms with E-state index in [4.69, 9.17) is 9.47 Å². The highest BCUT2D eigenvalue weighted by Gasteiger charge is 2.29. The van der Waals surface area contributed by atoms with Gasteiger partial charge >= 0.3 is 11.9 Å². The minimum Gasteiger partial charge on any atom is -0.465 e. The van der Waals surface area contributed by atoms with Gasteiger partial charge in [0.2, 0.25) is 0 Å². The Morgan fingerprint density at radius 1 is 1.32 bits per heavy atom. The number of nitrogens with one attached hydrogen (secondary N) is 1. The van der Waals surface area contributed by atoms with E-state index in [-0.39, 0.29) is 17.9 Å². The lowest BCUT2D eigenvalue weighted by molar-refractivity contribution is -0.159. The first-order valence-corrected chi connectivity index (χ1v) is 8.71. The maximum absolute atomic E-state index is 12.5. The fourth-order valence-corrected chi connectivity index (χ4v) is 2.58. The molecular weight excluding hydrogens is 320 g/mol. The highest BCUT2D eigenvalue weighted by atomic mass is 16.6. The van der Waals surface area contributed by atoms with Crippen molar-refractivity contribution in [1.29, 1.82) is 0 Å². The number of ether oxygens (including phenoxy) is 2. The third-order valence-electron chi connectivity index (χ3n) is 4.42. The van der Waals surface area contributed by atoms with Gasteiger partial charge in [0.1, 0.15) is 11.6 Å². The van der Waals surface area contributed by atoms with Crippen LogP contribution in [0.5, 0.6) is 0 Å². The number of methoxy groups -OCH3 is 1. The van der Waals surface area contributed by atoms with Crippen LogP contribution in [0.2, 0.25) is 0 Å². The molecule has 142 valence electrons. The zero-order valence-electron chi connectivity index (χ0n) is 16.7. The fraction of sp³-hybridized carbons (Fsp3) is 0.684. The predicted octanol–water partition coefficient (Wildman–Crippen LogP) is 2.97. The van der Waals surface area contributed by atoms with Crippen molar-refractivity contribution in [1.82, 2.24) is 9.88 Å². The Balaban J connectivity index is 2.94. The number of aromatic nitrogens is 1. The number of nitrogens with zero attached hydrogens (tertiary/aromatic N) is 1. The number of carbonyl (C=O) groups is 2. The Morgan fingerprint density at radius 2 is 1.92 bits per heavy atom. The van der Waals surface area contributed by atoms with Crippen LogP contribution in [0, 0.1) is 12.8 Å². The Morgan fingerprint density at radius 3 is 2.40 bits per heavy atom. The van der Waals surface area contributed by atoms with E-state index in [1.807, 2.05) is 53.2 Å². The van der Waals surface area contributed by atoms with Crippen LogP contribution in [0.4, 0.5) is 0 Å². The van der Waals surface area contributed by atoms with Gasteiger partial charge < -0.3 is 14.0 Å². The van der Waals surface area contributed by atoms with Crippen molar-refractivity contribution in [3.05, 3.63) is 23.0 Å². The van der Waals surface area contributed by atoms with E-state index in [0.29, 0.717) is 12.1 Å². The van der Waals surface area contributed by atoms with Crippen LogP contribution in [0.25, 0.3) is 0 Å². The topological polar surface area (TPSA) is 69.6 Å². The molecule has 0 spiro atoms. The van der Waals surface area contributed by atoms with Crippen molar-refractivity contribution in [2.24, 2.45) is 13.0 Å². The zero-order valence-corrected chi connectivity index (χ0v) is 16.7. The van der Waals surface area contributed by atoms with Gasteiger partial charge in [-0.1, -0.05) is 20.3 Å². The van der Waals surface area contributed by atoms with Crippen molar-refractivity contribution < 1.29 is 19.1 Å². The van der Waals surface area contributed by atoms with Gasteiger partial charge in [-0.15, -0.1) is 0 Å². The van der Waals surface area contributed by atoms with Crippen molar-refractivity contribution >= 4 is 11.9 Å². The summed E-state index contributed by atoms with van der Waals surface area (Å²) in [5.74, 6) is -0.470. The zero-order chi connectivity index (χ0) is 19.4. The van der Waals surface area contributed by atoms with E-state index >= 15 is 0 Å². The van der Waals surface area contributed by atoms with Gasteiger partial charge in [0.05, 0.1) is 12.7 Å². The Kier molecular flexibility index (Phi) is 7.23. The molecule has 0 saturated heterocycles. The first-order chi connectivity index (χ1) is 11.5. The van der Waals surface area contributed by atoms with Gasteiger partial charge in [-0.25, -0.2) is 4.79 Å². The van der Waals surface area contributed by atoms with Crippen molar-refractivity contribution in [2.45, 2.75) is 66.2 Å². The van der Waals surface area contributed by atoms with Gasteiger partial charge in [0, 0.05) is 25.0 Å². The first kappa shape index (κ1) is 21.2. The molecule has 0 fully saturated rings. The molecule has 0 aliphatic heterocycles. The first-order valence-electron chi connectivity index (χ1n) is 8.71. The van der Waals surface area contributed by atoms with Crippen molar-refractivity contribution in [3.8, 4) is 0 Å². The minimum atomic E-state index is -0.524. The highest BCUT2D eigenvalue weighted by Crippen LogP contribution is 2.18. The van der Waals surface area contributed by atoms with Gasteiger partial charge in [-0.05, 0) is 39.7 Å². The maximum Gasteiger partial charge on any atom is 0.339 e. The predicted molar refractivity (Wildman–Crippen MR) is 97.4 cm³/mol. The summed E-state index contributed by atoms with van der Waals surface area (Å²) in [4.78, 5) is 24.4. The molecule has 1 heterocycles. The molecule has 1 N–H and O–H groups in total. The van der Waals surface area contributed by atoms with Gasteiger partial charge in [0.15, 0.2) is 0 Å². The second-order valence-corrected chi connectivity index (χ2v) is 7.46. The van der Waals surface area contributed by atoms with E-state index in [2.05, 4.69) is 5.32 Å². The summed E-state index contributed by atoms with van der Waals surface area (Å²) in [6.07, 6.45) is 0.858. The Hall–Kier alpha value is -1.82. The molecule has 2 atom stereocenters. The van der Waals surface area contributed by atoms with E-state index in [1.165, 1.54) is 7.11 Å². The molecule has 0 aliphatic carbocycles. The second-order valence-electron chi connectivity index (χ2n) is 7.46. The monoisotopic (exact) mass is 352 g/mol. The molecule has 1 rings (SSSR count). The van der Waals surface area contributed by atoms with Crippen LogP contribution < -0.4 is 5.32 Å². The van der Waals surface area contributed by atoms with Gasteiger partial charge in [0.25, 0.3) is 0 Å². The highest BCUT2D eigenvalue weighted by molar-refractivity contribution is 5.91. The lowest BCUT2D eigenvalue weighted by atomic mass is 9.99. The average molecular weight is 352 g/mol. The number of rotatable bonds is 7. The fourth-order valence-electron chi connectivity index (χ4n) is 2.58. The Bertz CT molecular complexity index is 614. The summed E-state index contributed by atoms with van der Waals surface area (Å²) in [6, 6.07) is 1.40. The average Bonchev–Trinajstić information content (AvgIpc) is 2.80. The van der Waals surface area contributed by atoms with E-state index in [0.717, 1.165) is 17.8 Å². The van der Waals surface area contributed by atoms with Gasteiger partial charge in [-0.2, -0.15) is 0 Å². The molecule has 0 saturated carbocycles. The van der Waals surface area contributed by atoms with Crippen LogP contribution in [0.3, 0.4) is 0 Å². The summed E-state index contributed by atoms with van der Waals surface area (Å²) in [5.41, 5.74) is 1.76. The quantitative estimate of drug-likeness (QED) is 0.764. The van der Waals surface area contributed by atoms with Crippen LogP contribution >= 0.6 is 0 Å². The normalized spacial score (nSPS) is 14.1. The third-order valence-corrected chi connectivity index (χ3v) is 4.42. The molecule has 6 nitrogen and oxygen atoms in total. The number of hydrogen-bond donors (Lipinski definition) is 1. The number of esters is 2. The van der Waals surface area contributed by atoms with E-state index in [1.54, 1.807) is 6.07 Å². The van der Waals surface area contributed by atoms with E-state index < -0.39 is 11.6 Å².